The van der Waals surface area contributed by atoms with Gasteiger partial charge in [-0.2, -0.15) is 0 Å². The standard InChI is InChI=1S/C14H27NO2/c1-11(16-13-7-3-4-8-13)15-12(2)17-14-9-5-6-10-14/h11-15H,3-10H2,1-2H3. The van der Waals surface area contributed by atoms with Gasteiger partial charge in [0.15, 0.2) is 0 Å². The van der Waals surface area contributed by atoms with E-state index < -0.39 is 0 Å². The molecule has 0 aromatic rings. The maximum Gasteiger partial charge on any atom is 0.107 e. The maximum atomic E-state index is 5.96. The summed E-state index contributed by atoms with van der Waals surface area (Å²) in [5, 5.41) is 3.39. The molecular formula is C14H27NO2. The molecule has 2 saturated carbocycles. The van der Waals surface area contributed by atoms with Crippen LogP contribution in [0.15, 0.2) is 0 Å². The molecular weight excluding hydrogens is 214 g/mol. The Kier molecular flexibility index (Phi) is 5.26. The van der Waals surface area contributed by atoms with Crippen LogP contribution in [0.3, 0.4) is 0 Å². The van der Waals surface area contributed by atoms with Crippen LogP contribution >= 0.6 is 0 Å². The largest absolute Gasteiger partial charge is 0.360 e. The normalized spacial score (nSPS) is 26.5. The molecule has 0 saturated heterocycles. The first-order chi connectivity index (χ1) is 8.24. The first kappa shape index (κ1) is 13.3. The molecule has 2 fully saturated rings. The van der Waals surface area contributed by atoms with Crippen LogP contribution in [0, 0.1) is 0 Å². The molecule has 0 aromatic heterocycles. The molecule has 3 nitrogen and oxygen atoms in total. The Morgan fingerprint density at radius 1 is 0.765 bits per heavy atom. The molecule has 0 heterocycles. The summed E-state index contributed by atoms with van der Waals surface area (Å²) < 4.78 is 11.9. The number of rotatable bonds is 6. The highest BCUT2D eigenvalue weighted by Gasteiger charge is 2.21. The predicted molar refractivity (Wildman–Crippen MR) is 68.7 cm³/mol. The fourth-order valence-electron chi connectivity index (χ4n) is 3.04. The molecule has 2 aliphatic carbocycles. The monoisotopic (exact) mass is 241 g/mol. The van der Waals surface area contributed by atoms with Gasteiger partial charge >= 0.3 is 0 Å². The predicted octanol–water partition coefficient (Wildman–Crippen LogP) is 3.19. The molecule has 3 heteroatoms. The van der Waals surface area contributed by atoms with Gasteiger partial charge in [0.1, 0.15) is 12.5 Å². The Labute approximate surface area is 105 Å². The first-order valence-electron chi connectivity index (χ1n) is 7.31. The lowest BCUT2D eigenvalue weighted by atomic mass is 10.3. The van der Waals surface area contributed by atoms with Gasteiger partial charge in [0.05, 0.1) is 12.2 Å². The Bertz CT molecular complexity index is 188. The number of ether oxygens (including phenoxy) is 2. The summed E-state index contributed by atoms with van der Waals surface area (Å²) in [6, 6.07) is 0. The summed E-state index contributed by atoms with van der Waals surface area (Å²) in [6.07, 6.45) is 11.4. The summed E-state index contributed by atoms with van der Waals surface area (Å²) in [4.78, 5) is 0. The summed E-state index contributed by atoms with van der Waals surface area (Å²) in [5.74, 6) is 0. The van der Waals surface area contributed by atoms with Gasteiger partial charge in [-0.15, -0.1) is 0 Å². The average molecular weight is 241 g/mol. The summed E-state index contributed by atoms with van der Waals surface area (Å²) in [5.41, 5.74) is 0. The minimum Gasteiger partial charge on any atom is -0.360 e. The van der Waals surface area contributed by atoms with Crippen LogP contribution in [-0.4, -0.2) is 24.7 Å². The van der Waals surface area contributed by atoms with Gasteiger partial charge in [0.25, 0.3) is 0 Å². The summed E-state index contributed by atoms with van der Waals surface area (Å²) in [7, 11) is 0. The molecule has 2 aliphatic rings. The zero-order chi connectivity index (χ0) is 12.1. The minimum atomic E-state index is 0.106. The minimum absolute atomic E-state index is 0.106. The SMILES string of the molecule is CC(NC(C)OC1CCCC1)OC1CCCC1. The van der Waals surface area contributed by atoms with E-state index in [-0.39, 0.29) is 12.5 Å². The van der Waals surface area contributed by atoms with Gasteiger partial charge in [-0.3, -0.25) is 5.32 Å². The van der Waals surface area contributed by atoms with Crippen LogP contribution in [0.1, 0.15) is 65.2 Å². The number of hydrogen-bond acceptors (Lipinski definition) is 3. The lowest BCUT2D eigenvalue weighted by molar-refractivity contribution is -0.0789. The third-order valence-electron chi connectivity index (χ3n) is 3.87. The van der Waals surface area contributed by atoms with Crippen molar-refractivity contribution in [2.45, 2.75) is 89.9 Å². The molecule has 0 amide bonds. The fraction of sp³-hybridized carbons (Fsp3) is 1.00. The smallest absolute Gasteiger partial charge is 0.107 e. The van der Waals surface area contributed by atoms with Crippen molar-refractivity contribution in [1.82, 2.24) is 5.32 Å². The van der Waals surface area contributed by atoms with E-state index in [0.29, 0.717) is 12.2 Å². The highest BCUT2D eigenvalue weighted by molar-refractivity contribution is 4.70. The summed E-state index contributed by atoms with van der Waals surface area (Å²) >= 11 is 0. The summed E-state index contributed by atoms with van der Waals surface area (Å²) in [6.45, 7) is 4.18. The molecule has 2 atom stereocenters. The second kappa shape index (κ2) is 6.72. The highest BCUT2D eigenvalue weighted by Crippen LogP contribution is 2.23. The van der Waals surface area contributed by atoms with Crippen molar-refractivity contribution in [2.75, 3.05) is 0 Å². The second-order valence-corrected chi connectivity index (χ2v) is 5.54. The van der Waals surface area contributed by atoms with E-state index in [4.69, 9.17) is 9.47 Å². The van der Waals surface area contributed by atoms with Crippen LogP contribution in [0.4, 0.5) is 0 Å². The van der Waals surface area contributed by atoms with Crippen LogP contribution in [0.2, 0.25) is 0 Å². The molecule has 0 radical (unpaired) electrons. The van der Waals surface area contributed by atoms with Gasteiger partial charge in [0, 0.05) is 0 Å². The van der Waals surface area contributed by atoms with Crippen molar-refractivity contribution in [3.8, 4) is 0 Å². The van der Waals surface area contributed by atoms with E-state index in [9.17, 15) is 0 Å². The van der Waals surface area contributed by atoms with Crippen LogP contribution in [0.25, 0.3) is 0 Å². The molecule has 17 heavy (non-hydrogen) atoms. The molecule has 0 spiro atoms. The molecule has 0 bridgehead atoms. The third-order valence-corrected chi connectivity index (χ3v) is 3.87. The average Bonchev–Trinajstić information content (AvgIpc) is 2.90. The zero-order valence-corrected chi connectivity index (χ0v) is 11.3. The van der Waals surface area contributed by atoms with Crippen molar-refractivity contribution in [2.24, 2.45) is 0 Å². The molecule has 1 N–H and O–H groups in total. The van der Waals surface area contributed by atoms with Crippen molar-refractivity contribution in [3.63, 3.8) is 0 Å². The first-order valence-corrected chi connectivity index (χ1v) is 7.31. The molecule has 2 unspecified atom stereocenters. The Balaban J connectivity index is 1.60. The van der Waals surface area contributed by atoms with Crippen LogP contribution in [-0.2, 0) is 9.47 Å². The van der Waals surface area contributed by atoms with E-state index in [0.717, 1.165) is 0 Å². The van der Waals surface area contributed by atoms with Crippen molar-refractivity contribution in [1.29, 1.82) is 0 Å². The van der Waals surface area contributed by atoms with Crippen molar-refractivity contribution >= 4 is 0 Å². The fourth-order valence-corrected chi connectivity index (χ4v) is 3.04. The Morgan fingerprint density at radius 2 is 1.12 bits per heavy atom. The molecule has 100 valence electrons. The van der Waals surface area contributed by atoms with E-state index in [1.54, 1.807) is 0 Å². The lowest BCUT2D eigenvalue weighted by Crippen LogP contribution is -2.41. The molecule has 0 aliphatic heterocycles. The molecule has 0 aromatic carbocycles. The quantitative estimate of drug-likeness (QED) is 0.724. The highest BCUT2D eigenvalue weighted by atomic mass is 16.5. The van der Waals surface area contributed by atoms with Crippen molar-refractivity contribution in [3.05, 3.63) is 0 Å². The van der Waals surface area contributed by atoms with E-state index in [1.807, 2.05) is 0 Å². The Morgan fingerprint density at radius 3 is 1.47 bits per heavy atom. The van der Waals surface area contributed by atoms with Gasteiger partial charge in [0.2, 0.25) is 0 Å². The van der Waals surface area contributed by atoms with Crippen LogP contribution in [0.5, 0.6) is 0 Å². The topological polar surface area (TPSA) is 30.5 Å². The van der Waals surface area contributed by atoms with Gasteiger partial charge in [-0.05, 0) is 39.5 Å². The lowest BCUT2D eigenvalue weighted by Gasteiger charge is -2.25. The number of hydrogen-bond donors (Lipinski definition) is 1. The Hall–Kier alpha value is -0.120. The van der Waals surface area contributed by atoms with Crippen molar-refractivity contribution < 1.29 is 9.47 Å². The second-order valence-electron chi connectivity index (χ2n) is 5.54. The van der Waals surface area contributed by atoms with E-state index >= 15 is 0 Å². The maximum absolute atomic E-state index is 5.96. The van der Waals surface area contributed by atoms with E-state index in [1.165, 1.54) is 51.4 Å². The van der Waals surface area contributed by atoms with Gasteiger partial charge in [-0.1, -0.05) is 25.7 Å². The molecule has 2 rings (SSSR count). The van der Waals surface area contributed by atoms with Gasteiger partial charge < -0.3 is 9.47 Å². The van der Waals surface area contributed by atoms with E-state index in [2.05, 4.69) is 19.2 Å². The van der Waals surface area contributed by atoms with Gasteiger partial charge in [-0.25, -0.2) is 0 Å². The number of nitrogens with one attached hydrogen (secondary N) is 1. The third kappa shape index (κ3) is 4.57. The van der Waals surface area contributed by atoms with Crippen LogP contribution < -0.4 is 5.32 Å². The zero-order valence-electron chi connectivity index (χ0n) is 11.3.